The lowest BCUT2D eigenvalue weighted by Gasteiger charge is -2.19. The van der Waals surface area contributed by atoms with Crippen molar-refractivity contribution in [2.75, 3.05) is 13.2 Å². The first-order chi connectivity index (χ1) is 9.81. The zero-order valence-corrected chi connectivity index (χ0v) is 13.5. The van der Waals surface area contributed by atoms with Gasteiger partial charge in [-0.2, -0.15) is 0 Å². The first-order valence-electron chi connectivity index (χ1n) is 6.65. The first-order valence-corrected chi connectivity index (χ1v) is 7.53. The van der Waals surface area contributed by atoms with Crippen LogP contribution in [0.3, 0.4) is 0 Å². The third-order valence-electron chi connectivity index (χ3n) is 2.09. The van der Waals surface area contributed by atoms with Gasteiger partial charge in [-0.15, -0.1) is 11.3 Å². The molecule has 0 aromatic carbocycles. The van der Waals surface area contributed by atoms with E-state index in [0.717, 1.165) is 5.01 Å². The molecule has 0 atom stereocenters. The van der Waals surface area contributed by atoms with E-state index in [-0.39, 0.29) is 0 Å². The number of hydrazine groups is 1. The van der Waals surface area contributed by atoms with Gasteiger partial charge in [0.1, 0.15) is 5.60 Å². The van der Waals surface area contributed by atoms with Crippen molar-refractivity contribution in [3.8, 4) is 0 Å². The van der Waals surface area contributed by atoms with Crippen LogP contribution in [-0.2, 0) is 15.9 Å². The fourth-order valence-corrected chi connectivity index (χ4v) is 2.10. The topological polar surface area (TPSA) is 89.6 Å². The van der Waals surface area contributed by atoms with E-state index in [9.17, 15) is 9.59 Å². The summed E-state index contributed by atoms with van der Waals surface area (Å²) in [5, 5.41) is 2.45. The lowest BCUT2D eigenvalue weighted by atomic mass is 10.2. The van der Waals surface area contributed by atoms with Gasteiger partial charge in [0.15, 0.2) is 5.69 Å². The number of ether oxygens (including phenoxy) is 2. The van der Waals surface area contributed by atoms with Crippen molar-refractivity contribution >= 4 is 23.4 Å². The number of hydrogen-bond donors (Lipinski definition) is 2. The van der Waals surface area contributed by atoms with E-state index in [2.05, 4.69) is 15.8 Å². The SMILES string of the molecule is CCOC(=O)c1csc(CCNNC(=O)OC(C)(C)C)n1. The lowest BCUT2D eigenvalue weighted by Crippen LogP contribution is -2.41. The summed E-state index contributed by atoms with van der Waals surface area (Å²) in [4.78, 5) is 27.0. The van der Waals surface area contributed by atoms with Gasteiger partial charge < -0.3 is 9.47 Å². The number of nitrogens with zero attached hydrogens (tertiary/aromatic N) is 1. The van der Waals surface area contributed by atoms with Crippen molar-refractivity contribution in [3.05, 3.63) is 16.1 Å². The number of amides is 1. The van der Waals surface area contributed by atoms with Crippen molar-refractivity contribution in [2.45, 2.75) is 39.7 Å². The Morgan fingerprint density at radius 2 is 2.10 bits per heavy atom. The summed E-state index contributed by atoms with van der Waals surface area (Å²) in [5.41, 5.74) is 4.96. The molecule has 2 N–H and O–H groups in total. The van der Waals surface area contributed by atoms with Crippen LogP contribution in [0.15, 0.2) is 5.38 Å². The first kappa shape index (κ1) is 17.4. The number of carbonyl (C=O) groups is 2. The molecule has 21 heavy (non-hydrogen) atoms. The summed E-state index contributed by atoms with van der Waals surface area (Å²) in [6.07, 6.45) is 0.0497. The zero-order chi connectivity index (χ0) is 15.9. The molecule has 0 spiro atoms. The van der Waals surface area contributed by atoms with Crippen molar-refractivity contribution in [1.82, 2.24) is 15.8 Å². The van der Waals surface area contributed by atoms with Crippen LogP contribution in [0.2, 0.25) is 0 Å². The average molecular weight is 315 g/mol. The highest BCUT2D eigenvalue weighted by molar-refractivity contribution is 7.09. The summed E-state index contributed by atoms with van der Waals surface area (Å²) >= 11 is 1.38. The van der Waals surface area contributed by atoms with Gasteiger partial charge in [-0.25, -0.2) is 20.0 Å². The van der Waals surface area contributed by atoms with Gasteiger partial charge in [0, 0.05) is 18.3 Å². The molecule has 8 heteroatoms. The number of nitrogens with one attached hydrogen (secondary N) is 2. The fourth-order valence-electron chi connectivity index (χ4n) is 1.33. The summed E-state index contributed by atoms with van der Waals surface area (Å²) in [5.74, 6) is -0.417. The Hall–Kier alpha value is -1.67. The third-order valence-corrected chi connectivity index (χ3v) is 3.00. The van der Waals surface area contributed by atoms with Gasteiger partial charge in [-0.3, -0.25) is 5.43 Å². The molecule has 118 valence electrons. The van der Waals surface area contributed by atoms with Crippen LogP contribution in [0.25, 0.3) is 0 Å². The highest BCUT2D eigenvalue weighted by atomic mass is 32.1. The van der Waals surface area contributed by atoms with Crippen LogP contribution >= 0.6 is 11.3 Å². The number of rotatable bonds is 6. The molecular weight excluding hydrogens is 294 g/mol. The Kier molecular flexibility index (Phi) is 6.57. The zero-order valence-electron chi connectivity index (χ0n) is 12.7. The van der Waals surface area contributed by atoms with Crippen LogP contribution in [0.4, 0.5) is 4.79 Å². The number of esters is 1. The highest BCUT2D eigenvalue weighted by Gasteiger charge is 2.15. The normalized spacial score (nSPS) is 11.0. The molecular formula is C13H21N3O4S. The van der Waals surface area contributed by atoms with Gasteiger partial charge >= 0.3 is 12.1 Å². The number of carbonyl (C=O) groups excluding carboxylic acids is 2. The van der Waals surface area contributed by atoms with E-state index in [1.54, 1.807) is 33.1 Å². The summed E-state index contributed by atoms with van der Waals surface area (Å²) < 4.78 is 9.93. The molecule has 0 fully saturated rings. The Bertz CT molecular complexity index is 482. The molecule has 0 bridgehead atoms. The van der Waals surface area contributed by atoms with E-state index < -0.39 is 17.7 Å². The van der Waals surface area contributed by atoms with Crippen LogP contribution in [0, 0.1) is 0 Å². The quantitative estimate of drug-likeness (QED) is 0.473. The molecule has 0 saturated carbocycles. The molecule has 0 unspecified atom stereocenters. The Morgan fingerprint density at radius 1 is 1.38 bits per heavy atom. The van der Waals surface area contributed by atoms with Crippen LogP contribution in [-0.4, -0.2) is 35.8 Å². The van der Waals surface area contributed by atoms with E-state index in [4.69, 9.17) is 9.47 Å². The van der Waals surface area contributed by atoms with Crippen LogP contribution < -0.4 is 10.9 Å². The lowest BCUT2D eigenvalue weighted by molar-refractivity contribution is 0.0495. The summed E-state index contributed by atoms with van der Waals surface area (Å²) in [7, 11) is 0. The third kappa shape index (κ3) is 7.05. The van der Waals surface area contributed by atoms with Crippen LogP contribution in [0.5, 0.6) is 0 Å². The molecule has 1 rings (SSSR count). The minimum absolute atomic E-state index is 0.317. The summed E-state index contributed by atoms with van der Waals surface area (Å²) in [6, 6.07) is 0. The Balaban J connectivity index is 2.27. The molecule has 1 amide bonds. The molecule has 0 aliphatic carbocycles. The number of aromatic nitrogens is 1. The van der Waals surface area contributed by atoms with E-state index in [0.29, 0.717) is 25.3 Å². The number of thiazole rings is 1. The molecule has 0 aliphatic heterocycles. The Morgan fingerprint density at radius 3 is 2.71 bits per heavy atom. The second kappa shape index (κ2) is 7.94. The van der Waals surface area contributed by atoms with Crippen molar-refractivity contribution < 1.29 is 19.1 Å². The van der Waals surface area contributed by atoms with Gasteiger partial charge in [0.2, 0.25) is 0 Å². The van der Waals surface area contributed by atoms with Crippen LogP contribution in [0.1, 0.15) is 43.2 Å². The maximum absolute atomic E-state index is 11.4. The van der Waals surface area contributed by atoms with E-state index in [1.807, 2.05) is 0 Å². The predicted octanol–water partition coefficient (Wildman–Crippen LogP) is 1.89. The Labute approximate surface area is 128 Å². The number of hydrogen-bond acceptors (Lipinski definition) is 7. The average Bonchev–Trinajstić information content (AvgIpc) is 2.81. The van der Waals surface area contributed by atoms with Gasteiger partial charge in [0.05, 0.1) is 11.6 Å². The predicted molar refractivity (Wildman–Crippen MR) is 79.1 cm³/mol. The molecule has 1 aromatic heterocycles. The standard InChI is InChI=1S/C13H21N3O4S/c1-5-19-11(17)9-8-21-10(15-9)6-7-14-16-12(18)20-13(2,3)4/h8,14H,5-7H2,1-4H3,(H,16,18). The maximum atomic E-state index is 11.4. The smallest absolute Gasteiger partial charge is 0.422 e. The van der Waals surface area contributed by atoms with Crippen molar-refractivity contribution in [3.63, 3.8) is 0 Å². The van der Waals surface area contributed by atoms with Gasteiger partial charge in [0.25, 0.3) is 0 Å². The van der Waals surface area contributed by atoms with E-state index >= 15 is 0 Å². The fraction of sp³-hybridized carbons (Fsp3) is 0.615. The molecule has 1 heterocycles. The molecule has 7 nitrogen and oxygen atoms in total. The minimum atomic E-state index is -0.533. The highest BCUT2D eigenvalue weighted by Crippen LogP contribution is 2.11. The second-order valence-electron chi connectivity index (χ2n) is 5.15. The maximum Gasteiger partial charge on any atom is 0.422 e. The van der Waals surface area contributed by atoms with E-state index in [1.165, 1.54) is 11.3 Å². The van der Waals surface area contributed by atoms with Gasteiger partial charge in [-0.05, 0) is 27.7 Å². The van der Waals surface area contributed by atoms with Crippen molar-refractivity contribution in [2.24, 2.45) is 0 Å². The summed E-state index contributed by atoms with van der Waals surface area (Å²) in [6.45, 7) is 7.93. The largest absolute Gasteiger partial charge is 0.461 e. The van der Waals surface area contributed by atoms with Crippen molar-refractivity contribution in [1.29, 1.82) is 0 Å². The molecule has 1 aromatic rings. The molecule has 0 radical (unpaired) electrons. The molecule has 0 aliphatic rings. The monoisotopic (exact) mass is 315 g/mol. The molecule has 0 saturated heterocycles. The minimum Gasteiger partial charge on any atom is -0.461 e. The second-order valence-corrected chi connectivity index (χ2v) is 6.09. The van der Waals surface area contributed by atoms with Gasteiger partial charge in [-0.1, -0.05) is 0 Å².